The van der Waals surface area contributed by atoms with Gasteiger partial charge in [0.05, 0.1) is 11.5 Å². The lowest BCUT2D eigenvalue weighted by Gasteiger charge is -2.23. The first kappa shape index (κ1) is 14.5. The van der Waals surface area contributed by atoms with Gasteiger partial charge in [0.15, 0.2) is 0 Å². The lowest BCUT2D eigenvalue weighted by Crippen LogP contribution is -2.37. The van der Waals surface area contributed by atoms with Gasteiger partial charge in [-0.05, 0) is 44.2 Å². The van der Waals surface area contributed by atoms with E-state index in [-0.39, 0.29) is 0 Å². The summed E-state index contributed by atoms with van der Waals surface area (Å²) < 4.78 is 22.6. The van der Waals surface area contributed by atoms with Gasteiger partial charge in [0.1, 0.15) is 9.84 Å². The molecular formula is C15H23NO2S. The molecule has 1 aromatic carbocycles. The van der Waals surface area contributed by atoms with Crippen LogP contribution in [0.4, 0.5) is 0 Å². The van der Waals surface area contributed by atoms with Gasteiger partial charge >= 0.3 is 0 Å². The summed E-state index contributed by atoms with van der Waals surface area (Å²) in [6, 6.07) is 10.9. The molecule has 4 heteroatoms. The molecule has 0 aromatic heterocycles. The molecule has 1 fully saturated rings. The van der Waals surface area contributed by atoms with Crippen LogP contribution in [0.5, 0.6) is 0 Å². The van der Waals surface area contributed by atoms with Crippen LogP contribution in [0.1, 0.15) is 31.2 Å². The fourth-order valence-electron chi connectivity index (χ4n) is 2.50. The number of aryl methyl sites for hydroxylation is 1. The summed E-state index contributed by atoms with van der Waals surface area (Å²) in [4.78, 5) is 0. The first-order valence-corrected chi connectivity index (χ1v) is 8.96. The summed E-state index contributed by atoms with van der Waals surface area (Å²) >= 11 is 0. The van der Waals surface area contributed by atoms with Crippen molar-refractivity contribution in [1.82, 2.24) is 5.32 Å². The lowest BCUT2D eigenvalue weighted by atomic mass is 10.1. The molecule has 1 aliphatic rings. The first-order valence-electron chi connectivity index (χ1n) is 7.13. The zero-order valence-electron chi connectivity index (χ0n) is 11.3. The van der Waals surface area contributed by atoms with E-state index >= 15 is 0 Å². The monoisotopic (exact) mass is 281 g/mol. The lowest BCUT2D eigenvalue weighted by molar-refractivity contribution is 0.456. The second kappa shape index (κ2) is 7.06. The highest BCUT2D eigenvalue weighted by molar-refractivity contribution is 7.91. The molecule has 1 N–H and O–H groups in total. The van der Waals surface area contributed by atoms with E-state index in [0.717, 1.165) is 32.2 Å². The van der Waals surface area contributed by atoms with Gasteiger partial charge in [-0.1, -0.05) is 30.3 Å². The van der Waals surface area contributed by atoms with Crippen molar-refractivity contribution in [2.24, 2.45) is 0 Å². The van der Waals surface area contributed by atoms with Crippen molar-refractivity contribution in [3.05, 3.63) is 35.9 Å². The van der Waals surface area contributed by atoms with Crippen LogP contribution in [0, 0.1) is 0 Å². The molecular weight excluding hydrogens is 258 g/mol. The molecule has 0 radical (unpaired) electrons. The Bertz CT molecular complexity index is 456. The molecule has 0 spiro atoms. The van der Waals surface area contributed by atoms with Crippen molar-refractivity contribution < 1.29 is 8.42 Å². The fourth-order valence-corrected chi connectivity index (χ4v) is 3.99. The Balaban J connectivity index is 1.55. The van der Waals surface area contributed by atoms with Gasteiger partial charge in [-0.25, -0.2) is 8.42 Å². The Morgan fingerprint density at radius 3 is 2.42 bits per heavy atom. The van der Waals surface area contributed by atoms with Crippen molar-refractivity contribution in [1.29, 1.82) is 0 Å². The minimum atomic E-state index is -2.73. The summed E-state index contributed by atoms with van der Waals surface area (Å²) in [5.74, 6) is 0.712. The van der Waals surface area contributed by atoms with Crippen LogP contribution in [-0.2, 0) is 16.3 Å². The van der Waals surface area contributed by atoms with E-state index in [0.29, 0.717) is 17.5 Å². The summed E-state index contributed by atoms with van der Waals surface area (Å²) in [5, 5.41) is 3.48. The third-order valence-electron chi connectivity index (χ3n) is 3.72. The molecule has 0 unspecified atom stereocenters. The highest BCUT2D eigenvalue weighted by Crippen LogP contribution is 2.12. The van der Waals surface area contributed by atoms with Crippen LogP contribution in [0.3, 0.4) is 0 Å². The number of rotatable bonds is 6. The Labute approximate surface area is 116 Å². The number of nitrogens with one attached hydrogen (secondary N) is 1. The SMILES string of the molecule is O=S1(=O)CCC(NCCCCc2ccccc2)CC1. The molecule has 0 bridgehead atoms. The zero-order chi connectivity index (χ0) is 13.6. The van der Waals surface area contributed by atoms with Crippen molar-refractivity contribution in [3.8, 4) is 0 Å². The second-order valence-corrected chi connectivity index (χ2v) is 7.63. The smallest absolute Gasteiger partial charge is 0.150 e. The van der Waals surface area contributed by atoms with Crippen LogP contribution in [0.25, 0.3) is 0 Å². The molecule has 1 aliphatic heterocycles. The minimum Gasteiger partial charge on any atom is -0.314 e. The van der Waals surface area contributed by atoms with Gasteiger partial charge in [0.25, 0.3) is 0 Å². The average Bonchev–Trinajstić information content (AvgIpc) is 2.41. The quantitative estimate of drug-likeness (QED) is 0.813. The second-order valence-electron chi connectivity index (χ2n) is 5.32. The predicted octanol–water partition coefficient (Wildman–Crippen LogP) is 2.18. The van der Waals surface area contributed by atoms with Crippen molar-refractivity contribution in [2.45, 2.75) is 38.1 Å². The van der Waals surface area contributed by atoms with Gasteiger partial charge in [0.2, 0.25) is 0 Å². The van der Waals surface area contributed by atoms with Gasteiger partial charge < -0.3 is 5.32 Å². The van der Waals surface area contributed by atoms with E-state index in [4.69, 9.17) is 0 Å². The molecule has 0 atom stereocenters. The summed E-state index contributed by atoms with van der Waals surface area (Å²) in [6.07, 6.45) is 5.02. The molecule has 1 aromatic rings. The molecule has 1 heterocycles. The predicted molar refractivity (Wildman–Crippen MR) is 79.1 cm³/mol. The molecule has 106 valence electrons. The maximum absolute atomic E-state index is 11.3. The van der Waals surface area contributed by atoms with Crippen molar-refractivity contribution >= 4 is 9.84 Å². The maximum atomic E-state index is 11.3. The van der Waals surface area contributed by atoms with Crippen molar-refractivity contribution in [3.63, 3.8) is 0 Å². The third-order valence-corrected chi connectivity index (χ3v) is 5.44. The number of hydrogen-bond acceptors (Lipinski definition) is 3. The van der Waals surface area contributed by atoms with Crippen LogP contribution in [0.2, 0.25) is 0 Å². The Morgan fingerprint density at radius 1 is 1.05 bits per heavy atom. The summed E-state index contributed by atoms with van der Waals surface area (Å²) in [5.41, 5.74) is 1.39. The molecule has 19 heavy (non-hydrogen) atoms. The van der Waals surface area contributed by atoms with Crippen LogP contribution in [0.15, 0.2) is 30.3 Å². The number of hydrogen-bond donors (Lipinski definition) is 1. The van der Waals surface area contributed by atoms with Crippen molar-refractivity contribution in [2.75, 3.05) is 18.1 Å². The van der Waals surface area contributed by atoms with E-state index in [2.05, 4.69) is 29.6 Å². The summed E-state index contributed by atoms with van der Waals surface area (Å²) in [6.45, 7) is 0.998. The molecule has 0 amide bonds. The highest BCUT2D eigenvalue weighted by Gasteiger charge is 2.22. The van der Waals surface area contributed by atoms with E-state index in [1.165, 1.54) is 12.0 Å². The highest BCUT2D eigenvalue weighted by atomic mass is 32.2. The number of unbranched alkanes of at least 4 members (excludes halogenated alkanes) is 1. The van der Waals surface area contributed by atoms with E-state index in [1.807, 2.05) is 6.07 Å². The van der Waals surface area contributed by atoms with E-state index in [1.54, 1.807) is 0 Å². The third kappa shape index (κ3) is 5.33. The average molecular weight is 281 g/mol. The van der Waals surface area contributed by atoms with Gasteiger partial charge in [-0.3, -0.25) is 0 Å². The zero-order valence-corrected chi connectivity index (χ0v) is 12.2. The molecule has 2 rings (SSSR count). The first-order chi connectivity index (χ1) is 9.16. The summed E-state index contributed by atoms with van der Waals surface area (Å²) in [7, 11) is -2.73. The topological polar surface area (TPSA) is 46.2 Å². The Morgan fingerprint density at radius 2 is 1.74 bits per heavy atom. The fraction of sp³-hybridized carbons (Fsp3) is 0.600. The number of sulfone groups is 1. The Hall–Kier alpha value is -0.870. The van der Waals surface area contributed by atoms with Gasteiger partial charge in [-0.2, -0.15) is 0 Å². The van der Waals surface area contributed by atoms with Crippen LogP contribution in [-0.4, -0.2) is 32.5 Å². The largest absolute Gasteiger partial charge is 0.314 e. The maximum Gasteiger partial charge on any atom is 0.150 e. The van der Waals surface area contributed by atoms with E-state index < -0.39 is 9.84 Å². The molecule has 3 nitrogen and oxygen atoms in total. The van der Waals surface area contributed by atoms with Crippen LogP contribution >= 0.6 is 0 Å². The van der Waals surface area contributed by atoms with E-state index in [9.17, 15) is 8.42 Å². The normalized spacial score (nSPS) is 19.4. The van der Waals surface area contributed by atoms with Gasteiger partial charge in [0, 0.05) is 6.04 Å². The minimum absolute atomic E-state index is 0.356. The van der Waals surface area contributed by atoms with Crippen LogP contribution < -0.4 is 5.32 Å². The molecule has 1 saturated heterocycles. The van der Waals surface area contributed by atoms with Gasteiger partial charge in [-0.15, -0.1) is 0 Å². The number of benzene rings is 1. The molecule has 0 aliphatic carbocycles. The molecule has 0 saturated carbocycles. The standard InChI is InChI=1S/C15H23NO2S/c17-19(18)12-9-15(10-13-19)16-11-5-4-8-14-6-2-1-3-7-14/h1-3,6-7,15-16H,4-5,8-13H2. The Kier molecular flexibility index (Phi) is 5.40.